The summed E-state index contributed by atoms with van der Waals surface area (Å²) in [6.07, 6.45) is -0.619. The molecule has 0 bridgehead atoms. The van der Waals surface area contributed by atoms with Crippen LogP contribution in [0.4, 0.5) is 13.6 Å². The fraction of sp³-hybridized carbons (Fsp3) is 0.938. The lowest BCUT2D eigenvalue weighted by molar-refractivity contribution is -0.532. The summed E-state index contributed by atoms with van der Waals surface area (Å²) >= 11 is 0. The highest BCUT2D eigenvalue weighted by Crippen LogP contribution is 2.33. The fourth-order valence-electron chi connectivity index (χ4n) is 3.52. The average Bonchev–Trinajstić information content (AvgIpc) is 2.51. The molecule has 2 aliphatic rings. The molecule has 0 aromatic carbocycles. The number of rotatable bonds is 3. The molecule has 2 aliphatic heterocycles. The maximum atomic E-state index is 14.7. The first-order valence-corrected chi connectivity index (χ1v) is 8.85. The van der Waals surface area contributed by atoms with Crippen LogP contribution in [0.3, 0.4) is 0 Å². The minimum absolute atomic E-state index is 0.123. The highest BCUT2D eigenvalue weighted by molar-refractivity contribution is 5.68. The molecule has 0 radical (unpaired) electrons. The largest absolute Gasteiger partial charge is 0.444 e. The molecule has 10 heteroatoms. The zero-order chi connectivity index (χ0) is 19.7. The Labute approximate surface area is 152 Å². The lowest BCUT2D eigenvalue weighted by atomic mass is 9.95. The van der Waals surface area contributed by atoms with Gasteiger partial charge in [0.1, 0.15) is 11.6 Å². The van der Waals surface area contributed by atoms with Gasteiger partial charge in [-0.25, -0.2) is 13.6 Å². The van der Waals surface area contributed by atoms with E-state index >= 15 is 0 Å². The normalized spacial score (nSPS) is 29.8. The number of alkyl halides is 2. The van der Waals surface area contributed by atoms with Gasteiger partial charge >= 0.3 is 6.09 Å². The van der Waals surface area contributed by atoms with E-state index in [9.17, 15) is 23.7 Å². The molecular formula is C16H28F2N4O4. The van der Waals surface area contributed by atoms with Gasteiger partial charge in [-0.05, 0) is 33.6 Å². The Hall–Kier alpha value is -1.55. The lowest BCUT2D eigenvalue weighted by Gasteiger charge is -2.45. The number of carbonyl (C=O) groups is 1. The summed E-state index contributed by atoms with van der Waals surface area (Å²) in [5.74, 6) is -3.08. The third-order valence-electron chi connectivity index (χ3n) is 4.87. The molecule has 3 unspecified atom stereocenters. The van der Waals surface area contributed by atoms with Gasteiger partial charge in [0.05, 0.1) is 6.54 Å². The number of hydrogen-bond donors (Lipinski definition) is 1. The number of halogens is 2. The van der Waals surface area contributed by atoms with Crippen molar-refractivity contribution in [2.45, 2.75) is 69.8 Å². The summed E-state index contributed by atoms with van der Waals surface area (Å²) in [5.41, 5.74) is -0.747. The topological polar surface area (TPSA) is 88.0 Å². The molecule has 1 N–H and O–H groups in total. The standard InChI is InChI=1S/C16H28F2N4O4/c1-15(2,3)26-14(23)20(4)12-7-8-21(10-16(12,17)18)11-5-6-13(19-9-11)22(24)25/h11-13,19H,5-10H2,1-4H3. The van der Waals surface area contributed by atoms with E-state index in [1.165, 1.54) is 7.05 Å². The number of ether oxygens (including phenoxy) is 1. The second-order valence-corrected chi connectivity index (χ2v) is 8.07. The van der Waals surface area contributed by atoms with Gasteiger partial charge < -0.3 is 9.64 Å². The Balaban J connectivity index is 1.95. The van der Waals surface area contributed by atoms with Crippen LogP contribution in [0.1, 0.15) is 40.0 Å². The molecule has 0 saturated carbocycles. The summed E-state index contributed by atoms with van der Waals surface area (Å²) in [4.78, 5) is 25.2. The van der Waals surface area contributed by atoms with Crippen molar-refractivity contribution >= 4 is 6.09 Å². The summed E-state index contributed by atoms with van der Waals surface area (Å²) in [6.45, 7) is 5.31. The van der Waals surface area contributed by atoms with Crippen LogP contribution in [-0.2, 0) is 4.74 Å². The SMILES string of the molecule is CN(C(=O)OC(C)(C)C)C1CCN(C2CCC([N+](=O)[O-])NC2)CC1(F)F. The van der Waals surface area contributed by atoms with Crippen LogP contribution in [-0.4, -0.2) is 77.3 Å². The van der Waals surface area contributed by atoms with Crippen LogP contribution in [0.15, 0.2) is 0 Å². The van der Waals surface area contributed by atoms with Gasteiger partial charge in [0.15, 0.2) is 0 Å². The van der Waals surface area contributed by atoms with E-state index in [0.29, 0.717) is 25.9 Å². The van der Waals surface area contributed by atoms with Crippen LogP contribution in [0.25, 0.3) is 0 Å². The molecule has 2 rings (SSSR count). The number of carbonyl (C=O) groups excluding carboxylic acids is 1. The molecule has 0 spiro atoms. The zero-order valence-corrected chi connectivity index (χ0v) is 15.7. The number of nitrogens with zero attached hydrogens (tertiary/aromatic N) is 3. The summed E-state index contributed by atoms with van der Waals surface area (Å²) in [6, 6.07) is -1.39. The van der Waals surface area contributed by atoms with Crippen LogP contribution in [0.2, 0.25) is 0 Å². The number of amides is 1. The van der Waals surface area contributed by atoms with Gasteiger partial charge in [0, 0.05) is 37.5 Å². The molecule has 2 saturated heterocycles. The Kier molecular flexibility index (Phi) is 6.06. The van der Waals surface area contributed by atoms with Gasteiger partial charge in [-0.3, -0.25) is 20.3 Å². The van der Waals surface area contributed by atoms with E-state index < -0.39 is 36.4 Å². The van der Waals surface area contributed by atoms with E-state index in [0.717, 1.165) is 4.90 Å². The highest BCUT2D eigenvalue weighted by Gasteiger charge is 2.50. The minimum atomic E-state index is -3.08. The van der Waals surface area contributed by atoms with E-state index in [1.807, 2.05) is 0 Å². The molecule has 0 aromatic heterocycles. The third kappa shape index (κ3) is 5.00. The van der Waals surface area contributed by atoms with E-state index in [4.69, 9.17) is 4.74 Å². The molecule has 0 aromatic rings. The molecule has 2 heterocycles. The lowest BCUT2D eigenvalue weighted by Crippen LogP contribution is -2.63. The van der Waals surface area contributed by atoms with Crippen LogP contribution < -0.4 is 5.32 Å². The van der Waals surface area contributed by atoms with Crippen LogP contribution >= 0.6 is 0 Å². The first kappa shape index (κ1) is 20.8. The van der Waals surface area contributed by atoms with Gasteiger partial charge in [-0.1, -0.05) is 0 Å². The molecular weight excluding hydrogens is 350 g/mol. The summed E-state index contributed by atoms with van der Waals surface area (Å²) in [7, 11) is 1.34. The first-order valence-electron chi connectivity index (χ1n) is 8.85. The average molecular weight is 378 g/mol. The van der Waals surface area contributed by atoms with Crippen molar-refractivity contribution in [2.75, 3.05) is 26.7 Å². The van der Waals surface area contributed by atoms with Crippen molar-refractivity contribution in [3.05, 3.63) is 10.1 Å². The Morgan fingerprint density at radius 1 is 1.35 bits per heavy atom. The van der Waals surface area contributed by atoms with Crippen molar-refractivity contribution in [1.82, 2.24) is 15.1 Å². The van der Waals surface area contributed by atoms with E-state index in [1.54, 1.807) is 25.7 Å². The van der Waals surface area contributed by atoms with Gasteiger partial charge in [0.2, 0.25) is 0 Å². The monoisotopic (exact) mass is 378 g/mol. The first-order chi connectivity index (χ1) is 11.9. The highest BCUT2D eigenvalue weighted by atomic mass is 19.3. The Morgan fingerprint density at radius 3 is 2.46 bits per heavy atom. The zero-order valence-electron chi connectivity index (χ0n) is 15.7. The van der Waals surface area contributed by atoms with Crippen LogP contribution in [0, 0.1) is 10.1 Å². The molecule has 26 heavy (non-hydrogen) atoms. The van der Waals surface area contributed by atoms with Crippen molar-refractivity contribution in [1.29, 1.82) is 0 Å². The number of hydrogen-bond acceptors (Lipinski definition) is 6. The number of piperidine rings is 2. The predicted octanol–water partition coefficient (Wildman–Crippen LogP) is 1.92. The number of nitro groups is 1. The minimum Gasteiger partial charge on any atom is -0.444 e. The number of likely N-dealkylation sites (tertiary alicyclic amines) is 1. The van der Waals surface area contributed by atoms with Crippen molar-refractivity contribution < 1.29 is 23.2 Å². The Bertz CT molecular complexity index is 533. The molecule has 1 amide bonds. The predicted molar refractivity (Wildman–Crippen MR) is 90.7 cm³/mol. The maximum Gasteiger partial charge on any atom is 0.410 e. The quantitative estimate of drug-likeness (QED) is 0.596. The smallest absolute Gasteiger partial charge is 0.410 e. The second kappa shape index (κ2) is 7.59. The molecule has 3 atom stereocenters. The second-order valence-electron chi connectivity index (χ2n) is 8.07. The van der Waals surface area contributed by atoms with Gasteiger partial charge in [-0.2, -0.15) is 0 Å². The third-order valence-corrected chi connectivity index (χ3v) is 4.87. The van der Waals surface area contributed by atoms with Crippen LogP contribution in [0.5, 0.6) is 0 Å². The molecule has 0 aliphatic carbocycles. The van der Waals surface area contributed by atoms with Crippen molar-refractivity contribution in [2.24, 2.45) is 0 Å². The summed E-state index contributed by atoms with van der Waals surface area (Å²) in [5, 5.41) is 13.6. The van der Waals surface area contributed by atoms with Gasteiger partial charge in [0.25, 0.3) is 12.1 Å². The number of nitrogens with one attached hydrogen (secondary N) is 1. The molecule has 150 valence electrons. The fourth-order valence-corrected chi connectivity index (χ4v) is 3.52. The van der Waals surface area contributed by atoms with E-state index in [-0.39, 0.29) is 17.4 Å². The summed E-state index contributed by atoms with van der Waals surface area (Å²) < 4.78 is 34.6. The maximum absolute atomic E-state index is 14.7. The molecule has 8 nitrogen and oxygen atoms in total. The molecule has 2 fully saturated rings. The Morgan fingerprint density at radius 2 is 2.00 bits per heavy atom. The van der Waals surface area contributed by atoms with Crippen molar-refractivity contribution in [3.8, 4) is 0 Å². The van der Waals surface area contributed by atoms with E-state index in [2.05, 4.69) is 5.32 Å². The van der Waals surface area contributed by atoms with Gasteiger partial charge in [-0.15, -0.1) is 0 Å². The van der Waals surface area contributed by atoms with Crippen molar-refractivity contribution in [3.63, 3.8) is 0 Å².